The van der Waals surface area contributed by atoms with Crippen LogP contribution in [0.4, 0.5) is 0 Å². The van der Waals surface area contributed by atoms with E-state index in [1.807, 2.05) is 0 Å². The lowest BCUT2D eigenvalue weighted by atomic mass is 10.2. The molecule has 1 aliphatic carbocycles. The summed E-state index contributed by atoms with van der Waals surface area (Å²) in [6, 6.07) is 0. The van der Waals surface area contributed by atoms with E-state index < -0.39 is 10.3 Å². The van der Waals surface area contributed by atoms with Crippen LogP contribution in [0.3, 0.4) is 0 Å². The van der Waals surface area contributed by atoms with Crippen LogP contribution in [0.25, 0.3) is 0 Å². The largest absolute Gasteiger partial charge is 0.465 e. The fraction of sp³-hybridized carbons (Fsp3) is 0.700. The number of rotatable bonds is 4. The van der Waals surface area contributed by atoms with Gasteiger partial charge in [0.2, 0.25) is 11.8 Å². The summed E-state index contributed by atoms with van der Waals surface area (Å²) in [5.41, 5.74) is 0. The van der Waals surface area contributed by atoms with Gasteiger partial charge in [-0.2, -0.15) is 0 Å². The van der Waals surface area contributed by atoms with Crippen LogP contribution >= 0.6 is 15.9 Å². The number of nitrogens with zero attached hydrogens (tertiary/aromatic N) is 2. The van der Waals surface area contributed by atoms with E-state index in [1.165, 1.54) is 0 Å². The number of hydrogen-bond acceptors (Lipinski definition) is 5. The van der Waals surface area contributed by atoms with Gasteiger partial charge in [-0.3, -0.25) is 0 Å². The van der Waals surface area contributed by atoms with Gasteiger partial charge in [-0.15, -0.1) is 10.2 Å². The molecule has 16 heavy (non-hydrogen) atoms. The second-order valence-electron chi connectivity index (χ2n) is 3.94. The minimum absolute atomic E-state index is 0.257. The maximum Gasteiger partial charge on any atom is 0.332 e. The number of hydrogen-bond donors (Lipinski definition) is 0. The van der Waals surface area contributed by atoms with Crippen molar-refractivity contribution in [2.75, 3.05) is 6.61 Å². The van der Waals surface area contributed by atoms with Gasteiger partial charge < -0.3 is 9.15 Å². The third-order valence-electron chi connectivity index (χ3n) is 2.43. The molecular formula is C10H13BrN2O3. The molecule has 1 atom stereocenters. The number of halogens is 1. The number of esters is 1. The smallest absolute Gasteiger partial charge is 0.332 e. The molecule has 0 aliphatic heterocycles. The van der Waals surface area contributed by atoms with Crippen molar-refractivity contribution >= 4 is 21.9 Å². The van der Waals surface area contributed by atoms with Crippen LogP contribution in [-0.4, -0.2) is 22.8 Å². The van der Waals surface area contributed by atoms with Crippen molar-refractivity contribution in [3.05, 3.63) is 11.8 Å². The summed E-state index contributed by atoms with van der Waals surface area (Å²) in [5.74, 6) is 0.838. The fourth-order valence-corrected chi connectivity index (χ4v) is 1.55. The monoisotopic (exact) mass is 288 g/mol. The highest BCUT2D eigenvalue weighted by molar-refractivity contribution is 9.10. The van der Waals surface area contributed by atoms with Gasteiger partial charge in [0.25, 0.3) is 0 Å². The van der Waals surface area contributed by atoms with Crippen LogP contribution in [0.2, 0.25) is 0 Å². The van der Waals surface area contributed by atoms with Crippen molar-refractivity contribution < 1.29 is 13.9 Å². The molecular weight excluding hydrogens is 276 g/mol. The minimum Gasteiger partial charge on any atom is -0.465 e. The first kappa shape index (κ1) is 11.6. The Balaban J connectivity index is 2.16. The Hall–Kier alpha value is -0.910. The Morgan fingerprint density at radius 2 is 2.31 bits per heavy atom. The normalized spacial score (nSPS) is 19.2. The topological polar surface area (TPSA) is 65.2 Å². The highest BCUT2D eigenvalue weighted by Gasteiger charge is 2.41. The van der Waals surface area contributed by atoms with E-state index in [0.29, 0.717) is 18.4 Å². The van der Waals surface area contributed by atoms with Crippen molar-refractivity contribution in [2.24, 2.45) is 0 Å². The second kappa shape index (κ2) is 4.16. The third-order valence-corrected chi connectivity index (χ3v) is 3.09. The zero-order chi connectivity index (χ0) is 11.8. The SMILES string of the molecule is CCOC(=O)C(C)(Br)c1nnc(C2CC2)o1. The van der Waals surface area contributed by atoms with Gasteiger partial charge >= 0.3 is 5.97 Å². The van der Waals surface area contributed by atoms with E-state index in [4.69, 9.17) is 9.15 Å². The molecule has 1 fully saturated rings. The first-order valence-corrected chi connectivity index (χ1v) is 6.05. The second-order valence-corrected chi connectivity index (χ2v) is 5.53. The van der Waals surface area contributed by atoms with Gasteiger partial charge in [-0.05, 0) is 26.7 Å². The van der Waals surface area contributed by atoms with Crippen molar-refractivity contribution in [2.45, 2.75) is 36.9 Å². The van der Waals surface area contributed by atoms with Crippen LogP contribution in [0.5, 0.6) is 0 Å². The van der Waals surface area contributed by atoms with Crippen LogP contribution in [0.1, 0.15) is 44.4 Å². The summed E-state index contributed by atoms with van der Waals surface area (Å²) < 4.78 is 9.35. The van der Waals surface area contributed by atoms with E-state index in [-0.39, 0.29) is 5.89 Å². The Morgan fingerprint density at radius 1 is 1.62 bits per heavy atom. The molecule has 0 amide bonds. The van der Waals surface area contributed by atoms with Crippen LogP contribution < -0.4 is 0 Å². The highest BCUT2D eigenvalue weighted by Crippen LogP contribution is 2.41. The fourth-order valence-electron chi connectivity index (χ4n) is 1.27. The van der Waals surface area contributed by atoms with Gasteiger partial charge in [-0.1, -0.05) is 15.9 Å². The van der Waals surface area contributed by atoms with E-state index >= 15 is 0 Å². The average Bonchev–Trinajstić information content (AvgIpc) is 2.96. The Labute approximate surface area is 102 Å². The van der Waals surface area contributed by atoms with Gasteiger partial charge in [0.1, 0.15) is 0 Å². The summed E-state index contributed by atoms with van der Waals surface area (Å²) in [4.78, 5) is 11.7. The number of ether oxygens (including phenoxy) is 1. The Morgan fingerprint density at radius 3 is 2.88 bits per heavy atom. The van der Waals surface area contributed by atoms with E-state index in [2.05, 4.69) is 26.1 Å². The lowest BCUT2D eigenvalue weighted by Gasteiger charge is -2.15. The predicted molar refractivity (Wildman–Crippen MR) is 59.2 cm³/mol. The number of carbonyl (C=O) groups excluding carboxylic acids is 1. The molecule has 0 aromatic carbocycles. The first-order valence-electron chi connectivity index (χ1n) is 5.25. The quantitative estimate of drug-likeness (QED) is 0.627. The number of aromatic nitrogens is 2. The molecule has 2 rings (SSSR count). The molecule has 0 saturated heterocycles. The van der Waals surface area contributed by atoms with Crippen molar-refractivity contribution in [3.63, 3.8) is 0 Å². The molecule has 0 radical (unpaired) electrons. The van der Waals surface area contributed by atoms with Crippen molar-refractivity contribution in [1.29, 1.82) is 0 Å². The van der Waals surface area contributed by atoms with Gasteiger partial charge in [0, 0.05) is 5.92 Å². The number of carbonyl (C=O) groups is 1. The molecule has 1 saturated carbocycles. The minimum atomic E-state index is -1.05. The summed E-state index contributed by atoms with van der Waals surface area (Å²) in [5, 5.41) is 7.82. The molecule has 0 bridgehead atoms. The summed E-state index contributed by atoms with van der Waals surface area (Å²) in [6.07, 6.45) is 2.17. The van der Waals surface area contributed by atoms with E-state index in [0.717, 1.165) is 12.8 Å². The average molecular weight is 289 g/mol. The molecule has 1 unspecified atom stereocenters. The van der Waals surface area contributed by atoms with Crippen LogP contribution in [0, 0.1) is 0 Å². The molecule has 1 aromatic heterocycles. The molecule has 1 aliphatic rings. The zero-order valence-electron chi connectivity index (χ0n) is 9.20. The molecule has 1 aromatic rings. The molecule has 5 nitrogen and oxygen atoms in total. The maximum atomic E-state index is 11.7. The summed E-state index contributed by atoms with van der Waals surface area (Å²) in [6.45, 7) is 3.73. The van der Waals surface area contributed by atoms with Gasteiger partial charge in [0.05, 0.1) is 6.61 Å². The van der Waals surface area contributed by atoms with Crippen molar-refractivity contribution in [1.82, 2.24) is 10.2 Å². The number of alkyl halides is 1. The Bertz CT molecular complexity index is 399. The summed E-state index contributed by atoms with van der Waals surface area (Å²) >= 11 is 3.27. The molecule has 0 N–H and O–H groups in total. The molecule has 0 spiro atoms. The maximum absolute atomic E-state index is 11.7. The van der Waals surface area contributed by atoms with Crippen molar-refractivity contribution in [3.8, 4) is 0 Å². The Kier molecular flexibility index (Phi) is 3.01. The molecule has 1 heterocycles. The summed E-state index contributed by atoms with van der Waals surface area (Å²) in [7, 11) is 0. The van der Waals surface area contributed by atoms with E-state index in [1.54, 1.807) is 13.8 Å². The lowest BCUT2D eigenvalue weighted by Crippen LogP contribution is -2.28. The third kappa shape index (κ3) is 2.11. The van der Waals surface area contributed by atoms with Gasteiger partial charge in [0.15, 0.2) is 4.32 Å². The molecule has 88 valence electrons. The standard InChI is InChI=1S/C10H13BrN2O3/c1-3-15-9(14)10(2,11)8-13-12-7(16-8)6-4-5-6/h6H,3-5H2,1-2H3. The first-order chi connectivity index (χ1) is 7.55. The van der Waals surface area contributed by atoms with Gasteiger partial charge in [-0.25, -0.2) is 4.79 Å². The van der Waals surface area contributed by atoms with Crippen LogP contribution in [-0.2, 0) is 13.9 Å². The van der Waals surface area contributed by atoms with Crippen LogP contribution in [0.15, 0.2) is 4.42 Å². The molecule has 6 heteroatoms. The lowest BCUT2D eigenvalue weighted by molar-refractivity contribution is -0.146. The van der Waals surface area contributed by atoms with E-state index in [9.17, 15) is 4.79 Å². The zero-order valence-corrected chi connectivity index (χ0v) is 10.8. The predicted octanol–water partition coefficient (Wildman–Crippen LogP) is 2.12. The highest BCUT2D eigenvalue weighted by atomic mass is 79.9.